The second kappa shape index (κ2) is 3.84. The predicted octanol–water partition coefficient (Wildman–Crippen LogP) is -0.379. The zero-order chi connectivity index (χ0) is 11.7. The van der Waals surface area contributed by atoms with Crippen LogP contribution in [0.15, 0.2) is 6.07 Å². The van der Waals surface area contributed by atoms with Crippen LogP contribution >= 0.6 is 0 Å². The molecule has 0 amide bonds. The van der Waals surface area contributed by atoms with E-state index in [-0.39, 0.29) is 11.9 Å². The summed E-state index contributed by atoms with van der Waals surface area (Å²) in [6, 6.07) is 1.74. The number of aromatic nitrogens is 2. The lowest BCUT2D eigenvalue weighted by molar-refractivity contribution is -0.142. The fourth-order valence-electron chi connectivity index (χ4n) is 1.56. The maximum Gasteiger partial charge on any atom is 0.310 e. The molecule has 0 aliphatic carbocycles. The van der Waals surface area contributed by atoms with Crippen LogP contribution in [0.5, 0.6) is 0 Å². The largest absolute Gasteiger partial charge is 0.481 e. The van der Waals surface area contributed by atoms with Crippen molar-refractivity contribution < 1.29 is 9.90 Å². The zero-order valence-electron chi connectivity index (χ0n) is 8.84. The van der Waals surface area contributed by atoms with Crippen molar-refractivity contribution in [3.05, 3.63) is 6.07 Å². The molecule has 0 unspecified atom stereocenters. The van der Waals surface area contributed by atoms with Gasteiger partial charge in [-0.3, -0.25) is 4.79 Å². The van der Waals surface area contributed by atoms with Crippen LogP contribution in [0.4, 0.5) is 17.6 Å². The van der Waals surface area contributed by atoms with Gasteiger partial charge in [0.1, 0.15) is 11.6 Å². The number of nitrogen functional groups attached to an aromatic ring is 1. The van der Waals surface area contributed by atoms with Crippen molar-refractivity contribution in [2.45, 2.75) is 0 Å². The minimum absolute atomic E-state index is 0.181. The second-order valence-electron chi connectivity index (χ2n) is 3.66. The van der Waals surface area contributed by atoms with Crippen molar-refractivity contribution >= 4 is 23.6 Å². The summed E-state index contributed by atoms with van der Waals surface area (Å²) >= 11 is 0. The number of anilines is 3. The van der Waals surface area contributed by atoms with Gasteiger partial charge in [0.25, 0.3) is 0 Å². The lowest BCUT2D eigenvalue weighted by Crippen LogP contribution is -2.50. The van der Waals surface area contributed by atoms with Crippen molar-refractivity contribution in [1.82, 2.24) is 9.97 Å². The number of hydrogen-bond acceptors (Lipinski definition) is 6. The van der Waals surface area contributed by atoms with E-state index < -0.39 is 5.97 Å². The molecule has 2 heterocycles. The molecule has 86 valence electrons. The van der Waals surface area contributed by atoms with Crippen LogP contribution in [-0.4, -0.2) is 41.2 Å². The number of nitrogens with two attached hydrogens (primary N) is 1. The van der Waals surface area contributed by atoms with Crippen LogP contribution < -0.4 is 16.0 Å². The molecule has 4 N–H and O–H groups in total. The molecule has 1 aromatic rings. The highest BCUT2D eigenvalue weighted by molar-refractivity contribution is 5.74. The van der Waals surface area contributed by atoms with Gasteiger partial charge in [-0.15, -0.1) is 0 Å². The summed E-state index contributed by atoms with van der Waals surface area (Å²) in [5.74, 6) is 0.387. The zero-order valence-corrected chi connectivity index (χ0v) is 8.84. The lowest BCUT2D eigenvalue weighted by Gasteiger charge is -2.37. The van der Waals surface area contributed by atoms with Gasteiger partial charge in [-0.05, 0) is 0 Å². The van der Waals surface area contributed by atoms with Crippen LogP contribution in [0.2, 0.25) is 0 Å². The third-order valence-electron chi connectivity index (χ3n) is 2.54. The average molecular weight is 223 g/mol. The van der Waals surface area contributed by atoms with E-state index >= 15 is 0 Å². The van der Waals surface area contributed by atoms with E-state index in [1.807, 2.05) is 4.90 Å². The smallest absolute Gasteiger partial charge is 0.310 e. The first kappa shape index (κ1) is 10.5. The molecule has 0 spiro atoms. The standard InChI is InChI=1S/C9H13N5O2/c1-11-6-2-7(13-9(10)12-6)14-3-5(4-14)8(15)16/h2,5H,3-4H2,1H3,(H,15,16)(H3,10,11,12,13). The number of hydrogen-bond donors (Lipinski definition) is 3. The molecule has 0 bridgehead atoms. The molecule has 2 rings (SSSR count). The molecule has 7 heteroatoms. The molecule has 1 saturated heterocycles. The van der Waals surface area contributed by atoms with Gasteiger partial charge in [-0.25, -0.2) is 0 Å². The molecule has 7 nitrogen and oxygen atoms in total. The first-order chi connectivity index (χ1) is 7.60. The number of rotatable bonds is 3. The fraction of sp³-hybridized carbons (Fsp3) is 0.444. The van der Waals surface area contributed by atoms with E-state index in [9.17, 15) is 4.79 Å². The van der Waals surface area contributed by atoms with Crippen molar-refractivity contribution in [1.29, 1.82) is 0 Å². The summed E-state index contributed by atoms with van der Waals surface area (Å²) in [6.07, 6.45) is 0. The first-order valence-electron chi connectivity index (χ1n) is 4.90. The van der Waals surface area contributed by atoms with Crippen molar-refractivity contribution in [3.8, 4) is 0 Å². The summed E-state index contributed by atoms with van der Waals surface area (Å²) in [6.45, 7) is 0.934. The van der Waals surface area contributed by atoms with E-state index in [4.69, 9.17) is 10.8 Å². The minimum atomic E-state index is -0.771. The Morgan fingerprint density at radius 1 is 1.62 bits per heavy atom. The molecule has 0 aromatic carbocycles. The number of nitrogens with one attached hydrogen (secondary N) is 1. The summed E-state index contributed by atoms with van der Waals surface area (Å²) in [4.78, 5) is 20.5. The summed E-state index contributed by atoms with van der Waals surface area (Å²) in [5, 5.41) is 11.6. The van der Waals surface area contributed by atoms with E-state index in [2.05, 4.69) is 15.3 Å². The molecule has 16 heavy (non-hydrogen) atoms. The Morgan fingerprint density at radius 2 is 2.31 bits per heavy atom. The molecule has 0 atom stereocenters. The summed E-state index contributed by atoms with van der Waals surface area (Å²) < 4.78 is 0. The Morgan fingerprint density at radius 3 is 2.88 bits per heavy atom. The Kier molecular flexibility index (Phi) is 2.51. The topological polar surface area (TPSA) is 104 Å². The van der Waals surface area contributed by atoms with Gasteiger partial charge in [-0.1, -0.05) is 0 Å². The highest BCUT2D eigenvalue weighted by Gasteiger charge is 2.33. The highest BCUT2D eigenvalue weighted by Crippen LogP contribution is 2.25. The number of carboxylic acids is 1. The molecular formula is C9H13N5O2. The summed E-state index contributed by atoms with van der Waals surface area (Å²) in [5.41, 5.74) is 5.54. The van der Waals surface area contributed by atoms with Gasteiger partial charge in [0.05, 0.1) is 5.92 Å². The van der Waals surface area contributed by atoms with Gasteiger partial charge in [0.2, 0.25) is 5.95 Å². The number of carbonyl (C=O) groups is 1. The van der Waals surface area contributed by atoms with Crippen molar-refractivity contribution in [2.24, 2.45) is 5.92 Å². The third-order valence-corrected chi connectivity index (χ3v) is 2.54. The molecule has 1 aliphatic rings. The Hall–Kier alpha value is -2.05. The molecule has 1 fully saturated rings. The van der Waals surface area contributed by atoms with E-state index in [0.29, 0.717) is 24.7 Å². The van der Waals surface area contributed by atoms with Crippen molar-refractivity contribution in [2.75, 3.05) is 36.1 Å². The third kappa shape index (κ3) is 1.83. The van der Waals surface area contributed by atoms with Crippen LogP contribution in [0.25, 0.3) is 0 Å². The first-order valence-corrected chi connectivity index (χ1v) is 4.90. The number of aliphatic carboxylic acids is 1. The van der Waals surface area contributed by atoms with Crippen LogP contribution in [0.3, 0.4) is 0 Å². The molecule has 1 aromatic heterocycles. The Bertz CT molecular complexity index is 416. The molecule has 0 radical (unpaired) electrons. The Labute approximate surface area is 92.3 Å². The minimum Gasteiger partial charge on any atom is -0.481 e. The van der Waals surface area contributed by atoms with Crippen LogP contribution in [0.1, 0.15) is 0 Å². The maximum atomic E-state index is 10.7. The molecule has 1 aliphatic heterocycles. The Balaban J connectivity index is 2.11. The van der Waals surface area contributed by atoms with Crippen LogP contribution in [-0.2, 0) is 4.79 Å². The van der Waals surface area contributed by atoms with Gasteiger partial charge < -0.3 is 21.1 Å². The fourth-order valence-corrected chi connectivity index (χ4v) is 1.56. The van der Waals surface area contributed by atoms with E-state index in [1.165, 1.54) is 0 Å². The highest BCUT2D eigenvalue weighted by atomic mass is 16.4. The average Bonchev–Trinajstić information content (AvgIpc) is 2.13. The van der Waals surface area contributed by atoms with Gasteiger partial charge >= 0.3 is 5.97 Å². The number of carboxylic acid groups (broad SMARTS) is 1. The van der Waals surface area contributed by atoms with Crippen LogP contribution in [0, 0.1) is 5.92 Å². The van der Waals surface area contributed by atoms with Crippen molar-refractivity contribution in [3.63, 3.8) is 0 Å². The number of nitrogens with zero attached hydrogens (tertiary/aromatic N) is 3. The van der Waals surface area contributed by atoms with E-state index in [1.54, 1.807) is 13.1 Å². The monoisotopic (exact) mass is 223 g/mol. The quantitative estimate of drug-likeness (QED) is 0.641. The summed E-state index contributed by atoms with van der Waals surface area (Å²) in [7, 11) is 1.74. The normalized spacial score (nSPS) is 15.7. The lowest BCUT2D eigenvalue weighted by atomic mass is 10.0. The van der Waals surface area contributed by atoms with E-state index in [0.717, 1.165) is 0 Å². The maximum absolute atomic E-state index is 10.7. The second-order valence-corrected chi connectivity index (χ2v) is 3.66. The predicted molar refractivity (Wildman–Crippen MR) is 59.3 cm³/mol. The molecular weight excluding hydrogens is 210 g/mol. The van der Waals surface area contributed by atoms with Gasteiger partial charge in [0, 0.05) is 26.2 Å². The SMILES string of the molecule is CNc1cc(N2CC(C(=O)O)C2)nc(N)n1. The van der Waals surface area contributed by atoms with Gasteiger partial charge in [0.15, 0.2) is 0 Å². The molecule has 0 saturated carbocycles. The van der Waals surface area contributed by atoms with Gasteiger partial charge in [-0.2, -0.15) is 9.97 Å².